The molecular weight excluding hydrogens is 256 g/mol. The molecule has 0 aromatic carbocycles. The zero-order valence-electron chi connectivity index (χ0n) is 12.1. The van der Waals surface area contributed by atoms with Gasteiger partial charge in [0.2, 0.25) is 0 Å². The average molecular weight is 276 g/mol. The van der Waals surface area contributed by atoms with Crippen LogP contribution in [0.5, 0.6) is 0 Å². The van der Waals surface area contributed by atoms with E-state index in [9.17, 15) is 14.9 Å². The summed E-state index contributed by atoms with van der Waals surface area (Å²) in [6.07, 6.45) is 4.32. The lowest BCUT2D eigenvalue weighted by molar-refractivity contribution is 0.357. The molecule has 2 atom stereocenters. The van der Waals surface area contributed by atoms with Crippen molar-refractivity contribution in [1.82, 2.24) is 9.13 Å². The quantitative estimate of drug-likeness (QED) is 0.872. The summed E-state index contributed by atoms with van der Waals surface area (Å²) >= 11 is 0. The Kier molecular flexibility index (Phi) is 3.98. The van der Waals surface area contributed by atoms with Gasteiger partial charge in [-0.3, -0.25) is 13.9 Å². The molecule has 1 aliphatic rings. The van der Waals surface area contributed by atoms with E-state index in [2.05, 4.69) is 12.2 Å². The summed E-state index contributed by atoms with van der Waals surface area (Å²) in [4.78, 5) is 23.9. The van der Waals surface area contributed by atoms with Crippen LogP contribution in [-0.4, -0.2) is 15.2 Å². The minimum atomic E-state index is -0.540. The van der Waals surface area contributed by atoms with Crippen molar-refractivity contribution >= 4 is 5.82 Å². The van der Waals surface area contributed by atoms with Crippen LogP contribution in [0.3, 0.4) is 0 Å². The van der Waals surface area contributed by atoms with Gasteiger partial charge in [0.25, 0.3) is 5.56 Å². The molecular formula is C14H20N4O2. The highest BCUT2D eigenvalue weighted by atomic mass is 16.2. The Balaban J connectivity index is 2.44. The fraction of sp³-hybridized carbons (Fsp3) is 0.643. The van der Waals surface area contributed by atoms with Gasteiger partial charge in [-0.05, 0) is 18.8 Å². The molecule has 0 amide bonds. The van der Waals surface area contributed by atoms with Crippen molar-refractivity contribution in [2.45, 2.75) is 38.6 Å². The van der Waals surface area contributed by atoms with Gasteiger partial charge in [0, 0.05) is 20.1 Å². The van der Waals surface area contributed by atoms with Crippen molar-refractivity contribution in [3.05, 3.63) is 26.4 Å². The molecule has 20 heavy (non-hydrogen) atoms. The largest absolute Gasteiger partial charge is 0.367 e. The van der Waals surface area contributed by atoms with E-state index in [0.29, 0.717) is 11.7 Å². The van der Waals surface area contributed by atoms with Gasteiger partial charge in [0.15, 0.2) is 5.56 Å². The second kappa shape index (κ2) is 5.53. The molecule has 1 heterocycles. The highest BCUT2D eigenvalue weighted by Gasteiger charge is 2.22. The van der Waals surface area contributed by atoms with E-state index in [1.54, 1.807) is 7.05 Å². The second-order valence-electron chi connectivity index (χ2n) is 5.65. The summed E-state index contributed by atoms with van der Waals surface area (Å²) in [6, 6.07) is 2.13. The van der Waals surface area contributed by atoms with Gasteiger partial charge in [-0.2, -0.15) is 5.26 Å². The van der Waals surface area contributed by atoms with Gasteiger partial charge in [-0.15, -0.1) is 0 Å². The molecule has 2 unspecified atom stereocenters. The number of nitriles is 1. The predicted molar refractivity (Wildman–Crippen MR) is 76.7 cm³/mol. The fourth-order valence-corrected chi connectivity index (χ4v) is 2.87. The zero-order chi connectivity index (χ0) is 14.9. The van der Waals surface area contributed by atoms with Crippen LogP contribution in [0.1, 0.15) is 38.2 Å². The number of hydrogen-bond donors (Lipinski definition) is 1. The molecule has 1 aromatic rings. The van der Waals surface area contributed by atoms with Crippen LogP contribution in [0, 0.1) is 17.2 Å². The number of nitrogens with one attached hydrogen (secondary N) is 1. The Morgan fingerprint density at radius 1 is 1.25 bits per heavy atom. The molecule has 1 fully saturated rings. The summed E-state index contributed by atoms with van der Waals surface area (Å²) in [5.74, 6) is 0.968. The normalized spacial score (nSPS) is 22.3. The molecule has 0 radical (unpaired) electrons. The Bertz CT molecular complexity index is 665. The van der Waals surface area contributed by atoms with Gasteiger partial charge < -0.3 is 5.32 Å². The lowest BCUT2D eigenvalue weighted by Gasteiger charge is -2.29. The minimum absolute atomic E-state index is 0.00725. The third-order valence-corrected chi connectivity index (χ3v) is 4.05. The van der Waals surface area contributed by atoms with Crippen molar-refractivity contribution in [2.75, 3.05) is 5.32 Å². The molecule has 0 aliphatic heterocycles. The Morgan fingerprint density at radius 3 is 2.55 bits per heavy atom. The molecule has 2 rings (SSSR count). The summed E-state index contributed by atoms with van der Waals surface area (Å²) in [5, 5.41) is 12.4. The average Bonchev–Trinajstić information content (AvgIpc) is 2.43. The maximum Gasteiger partial charge on any atom is 0.332 e. The van der Waals surface area contributed by atoms with Crippen molar-refractivity contribution < 1.29 is 0 Å². The number of nitrogens with zero attached hydrogens (tertiary/aromatic N) is 3. The summed E-state index contributed by atoms with van der Waals surface area (Å²) < 4.78 is 2.31. The highest BCUT2D eigenvalue weighted by Crippen LogP contribution is 2.26. The first kappa shape index (κ1) is 14.4. The Morgan fingerprint density at radius 2 is 1.95 bits per heavy atom. The van der Waals surface area contributed by atoms with Gasteiger partial charge in [0.05, 0.1) is 0 Å². The van der Waals surface area contributed by atoms with Gasteiger partial charge >= 0.3 is 5.69 Å². The van der Waals surface area contributed by atoms with Crippen LogP contribution in [0.4, 0.5) is 5.82 Å². The molecule has 0 bridgehead atoms. The molecule has 6 heteroatoms. The molecule has 0 spiro atoms. The van der Waals surface area contributed by atoms with Crippen LogP contribution in [0.25, 0.3) is 0 Å². The van der Waals surface area contributed by atoms with Crippen molar-refractivity contribution in [2.24, 2.45) is 20.0 Å². The van der Waals surface area contributed by atoms with Crippen LogP contribution < -0.4 is 16.6 Å². The van der Waals surface area contributed by atoms with Crippen LogP contribution in [0.2, 0.25) is 0 Å². The highest BCUT2D eigenvalue weighted by molar-refractivity contribution is 5.51. The van der Waals surface area contributed by atoms with E-state index in [-0.39, 0.29) is 11.6 Å². The molecule has 0 saturated heterocycles. The first-order chi connectivity index (χ1) is 9.45. The summed E-state index contributed by atoms with van der Waals surface area (Å²) in [7, 11) is 2.97. The standard InChI is InChI=1S/C14H20N4O2/c1-9-5-4-6-10(7-9)16-12-11(8-15)13(19)18(3)14(20)17(12)2/h9-10,16H,4-7H2,1-3H3. The van der Waals surface area contributed by atoms with Crippen LogP contribution in [-0.2, 0) is 14.1 Å². The van der Waals surface area contributed by atoms with E-state index >= 15 is 0 Å². The maximum atomic E-state index is 12.0. The smallest absolute Gasteiger partial charge is 0.332 e. The maximum absolute atomic E-state index is 12.0. The first-order valence-electron chi connectivity index (χ1n) is 6.92. The van der Waals surface area contributed by atoms with E-state index < -0.39 is 11.2 Å². The van der Waals surface area contributed by atoms with Crippen LogP contribution >= 0.6 is 0 Å². The lowest BCUT2D eigenvalue weighted by Crippen LogP contribution is -2.41. The zero-order valence-corrected chi connectivity index (χ0v) is 12.1. The summed E-state index contributed by atoms with van der Waals surface area (Å²) in [6.45, 7) is 2.20. The predicted octanol–water partition coefficient (Wildman–Crippen LogP) is 0.946. The van der Waals surface area contributed by atoms with E-state index in [4.69, 9.17) is 0 Å². The Labute approximate surface area is 117 Å². The summed E-state index contributed by atoms with van der Waals surface area (Å²) in [5.41, 5.74) is -0.949. The molecule has 108 valence electrons. The van der Waals surface area contributed by atoms with E-state index in [0.717, 1.165) is 23.8 Å². The molecule has 1 aromatic heterocycles. The van der Waals surface area contributed by atoms with Crippen molar-refractivity contribution in [3.8, 4) is 6.07 Å². The second-order valence-corrected chi connectivity index (χ2v) is 5.65. The number of anilines is 1. The monoisotopic (exact) mass is 276 g/mol. The topological polar surface area (TPSA) is 79.8 Å². The fourth-order valence-electron chi connectivity index (χ4n) is 2.87. The van der Waals surface area contributed by atoms with E-state index in [1.165, 1.54) is 18.0 Å². The molecule has 1 N–H and O–H groups in total. The third kappa shape index (κ3) is 2.48. The van der Waals surface area contributed by atoms with Gasteiger partial charge in [-0.25, -0.2) is 4.79 Å². The first-order valence-corrected chi connectivity index (χ1v) is 6.92. The van der Waals surface area contributed by atoms with Crippen molar-refractivity contribution in [3.63, 3.8) is 0 Å². The number of rotatable bonds is 2. The number of hydrogen-bond acceptors (Lipinski definition) is 4. The number of aromatic nitrogens is 2. The SMILES string of the molecule is CC1CCCC(Nc2c(C#N)c(=O)n(C)c(=O)n2C)C1. The van der Waals surface area contributed by atoms with Crippen LogP contribution in [0.15, 0.2) is 9.59 Å². The third-order valence-electron chi connectivity index (χ3n) is 4.05. The van der Waals surface area contributed by atoms with Crippen molar-refractivity contribution in [1.29, 1.82) is 5.26 Å². The minimum Gasteiger partial charge on any atom is -0.367 e. The molecule has 6 nitrogen and oxygen atoms in total. The lowest BCUT2D eigenvalue weighted by atomic mass is 9.87. The Hall–Kier alpha value is -2.03. The van der Waals surface area contributed by atoms with E-state index in [1.807, 2.05) is 6.07 Å². The molecule has 1 aliphatic carbocycles. The van der Waals surface area contributed by atoms with Gasteiger partial charge in [-0.1, -0.05) is 19.8 Å². The molecule has 1 saturated carbocycles. The van der Waals surface area contributed by atoms with Gasteiger partial charge in [0.1, 0.15) is 11.9 Å².